The van der Waals surface area contributed by atoms with E-state index >= 15 is 0 Å². The Bertz CT molecular complexity index is 358. The second-order valence-corrected chi connectivity index (χ2v) is 5.30. The summed E-state index contributed by atoms with van der Waals surface area (Å²) in [5.74, 6) is 0.673. The lowest BCUT2D eigenvalue weighted by molar-refractivity contribution is 0.0997. The summed E-state index contributed by atoms with van der Waals surface area (Å²) in [5, 5.41) is 13.7. The van der Waals surface area contributed by atoms with Gasteiger partial charge in [-0.2, -0.15) is 11.8 Å². The van der Waals surface area contributed by atoms with Crippen molar-refractivity contribution in [2.24, 2.45) is 0 Å². The molecule has 0 aliphatic heterocycles. The lowest BCUT2D eigenvalue weighted by Crippen LogP contribution is -2.36. The molecule has 5 heteroatoms. The molecule has 1 unspecified atom stereocenters. The first-order chi connectivity index (χ1) is 7.44. The molecule has 0 saturated heterocycles. The minimum atomic E-state index is -0.746. The average Bonchev–Trinajstić information content (AvgIpc) is 2.16. The maximum Gasteiger partial charge on any atom is 0.0880 e. The molecule has 1 rings (SSSR count). The van der Waals surface area contributed by atoms with Crippen LogP contribution < -0.4 is 11.1 Å². The number of thioether (sulfide) groups is 1. The van der Waals surface area contributed by atoms with E-state index in [0.29, 0.717) is 23.0 Å². The molecule has 1 aromatic rings. The van der Waals surface area contributed by atoms with Gasteiger partial charge in [0.25, 0.3) is 0 Å². The summed E-state index contributed by atoms with van der Waals surface area (Å²) in [4.78, 5) is 0. The fourth-order valence-corrected chi connectivity index (χ4v) is 2.30. The molecule has 0 spiro atoms. The summed E-state index contributed by atoms with van der Waals surface area (Å²) in [6.45, 7) is 2.25. The first-order valence-corrected chi connectivity index (χ1v) is 6.72. The molecular weight excluding hydrogens is 244 g/mol. The van der Waals surface area contributed by atoms with Crippen molar-refractivity contribution in [3.8, 4) is 0 Å². The van der Waals surface area contributed by atoms with Crippen molar-refractivity contribution in [1.82, 2.24) is 0 Å². The molecule has 0 fully saturated rings. The van der Waals surface area contributed by atoms with Crippen LogP contribution in [0.4, 0.5) is 11.4 Å². The van der Waals surface area contributed by atoms with E-state index in [2.05, 4.69) is 5.32 Å². The fourth-order valence-electron chi connectivity index (χ4n) is 1.32. The van der Waals surface area contributed by atoms with E-state index in [1.165, 1.54) is 0 Å². The van der Waals surface area contributed by atoms with E-state index in [4.69, 9.17) is 17.3 Å². The Morgan fingerprint density at radius 1 is 1.56 bits per heavy atom. The van der Waals surface area contributed by atoms with Crippen molar-refractivity contribution in [3.63, 3.8) is 0 Å². The Labute approximate surface area is 105 Å². The lowest BCUT2D eigenvalue weighted by atomic mass is 10.1. The third kappa shape index (κ3) is 4.12. The highest BCUT2D eigenvalue weighted by Crippen LogP contribution is 2.24. The van der Waals surface area contributed by atoms with Crippen molar-refractivity contribution >= 4 is 34.7 Å². The van der Waals surface area contributed by atoms with Crippen LogP contribution in [-0.2, 0) is 0 Å². The fraction of sp³-hybridized carbons (Fsp3) is 0.455. The third-order valence-corrected chi connectivity index (χ3v) is 3.33. The second kappa shape index (κ2) is 5.66. The predicted molar refractivity (Wildman–Crippen MR) is 73.4 cm³/mol. The number of rotatable bonds is 5. The Kier molecular flexibility index (Phi) is 4.77. The Morgan fingerprint density at radius 2 is 2.25 bits per heavy atom. The molecule has 1 atom stereocenters. The van der Waals surface area contributed by atoms with E-state index < -0.39 is 5.60 Å². The van der Waals surface area contributed by atoms with Gasteiger partial charge in [0.15, 0.2) is 0 Å². The van der Waals surface area contributed by atoms with E-state index in [1.807, 2.05) is 12.3 Å². The standard InChI is InChI=1S/C11H17ClN2OS/c1-11(15,7-16-2)6-14-10-4-3-8(13)5-9(10)12/h3-5,14-15H,6-7,13H2,1-2H3. The number of anilines is 2. The van der Waals surface area contributed by atoms with E-state index in [9.17, 15) is 5.11 Å². The zero-order chi connectivity index (χ0) is 12.2. The van der Waals surface area contributed by atoms with Gasteiger partial charge in [-0.1, -0.05) is 11.6 Å². The average molecular weight is 261 g/mol. The van der Waals surface area contributed by atoms with Crippen molar-refractivity contribution in [2.45, 2.75) is 12.5 Å². The van der Waals surface area contributed by atoms with Gasteiger partial charge in [0.1, 0.15) is 0 Å². The van der Waals surface area contributed by atoms with E-state index in [-0.39, 0.29) is 0 Å². The van der Waals surface area contributed by atoms with Crippen LogP contribution in [0.5, 0.6) is 0 Å². The molecule has 0 aromatic heterocycles. The molecule has 0 aliphatic carbocycles. The number of benzene rings is 1. The number of nitrogens with two attached hydrogens (primary N) is 1. The molecule has 16 heavy (non-hydrogen) atoms. The number of aliphatic hydroxyl groups is 1. The maximum atomic E-state index is 9.97. The van der Waals surface area contributed by atoms with Crippen molar-refractivity contribution < 1.29 is 5.11 Å². The topological polar surface area (TPSA) is 58.3 Å². The second-order valence-electron chi connectivity index (χ2n) is 4.02. The molecule has 0 radical (unpaired) electrons. The van der Waals surface area contributed by atoms with Crippen LogP contribution in [0.15, 0.2) is 18.2 Å². The first-order valence-electron chi connectivity index (χ1n) is 4.95. The van der Waals surface area contributed by atoms with Crippen LogP contribution in [0.25, 0.3) is 0 Å². The van der Waals surface area contributed by atoms with Crippen LogP contribution in [0.3, 0.4) is 0 Å². The summed E-state index contributed by atoms with van der Waals surface area (Å²) in [7, 11) is 0. The van der Waals surface area contributed by atoms with Crippen molar-refractivity contribution in [3.05, 3.63) is 23.2 Å². The van der Waals surface area contributed by atoms with Gasteiger partial charge in [-0.25, -0.2) is 0 Å². The third-order valence-electron chi connectivity index (χ3n) is 2.11. The molecule has 4 N–H and O–H groups in total. The summed E-state index contributed by atoms with van der Waals surface area (Å²) < 4.78 is 0. The molecule has 0 bridgehead atoms. The summed E-state index contributed by atoms with van der Waals surface area (Å²) in [6, 6.07) is 5.28. The van der Waals surface area contributed by atoms with Crippen LogP contribution in [0.1, 0.15) is 6.92 Å². The summed E-state index contributed by atoms with van der Waals surface area (Å²) in [6.07, 6.45) is 1.96. The lowest BCUT2D eigenvalue weighted by Gasteiger charge is -2.23. The molecule has 1 aromatic carbocycles. The molecule has 0 heterocycles. The van der Waals surface area contributed by atoms with Gasteiger partial charge in [0.2, 0.25) is 0 Å². The smallest absolute Gasteiger partial charge is 0.0880 e. The molecule has 0 amide bonds. The zero-order valence-corrected chi connectivity index (χ0v) is 11.0. The predicted octanol–water partition coefficient (Wildman–Crippen LogP) is 2.45. The minimum absolute atomic E-state index is 0.456. The highest BCUT2D eigenvalue weighted by Gasteiger charge is 2.19. The Balaban J connectivity index is 2.61. The summed E-state index contributed by atoms with van der Waals surface area (Å²) >= 11 is 7.61. The molecule has 3 nitrogen and oxygen atoms in total. The van der Waals surface area contributed by atoms with Crippen LogP contribution in [-0.4, -0.2) is 29.3 Å². The molecule has 0 aliphatic rings. The van der Waals surface area contributed by atoms with E-state index in [1.54, 1.807) is 30.8 Å². The van der Waals surface area contributed by atoms with Crippen LogP contribution >= 0.6 is 23.4 Å². The maximum absolute atomic E-state index is 9.97. The van der Waals surface area contributed by atoms with Gasteiger partial charge in [-0.3, -0.25) is 0 Å². The highest BCUT2D eigenvalue weighted by atomic mass is 35.5. The van der Waals surface area contributed by atoms with Gasteiger partial charge in [0, 0.05) is 18.0 Å². The van der Waals surface area contributed by atoms with Crippen LogP contribution in [0, 0.1) is 0 Å². The van der Waals surface area contributed by atoms with Gasteiger partial charge in [-0.05, 0) is 31.4 Å². The molecule has 0 saturated carbocycles. The minimum Gasteiger partial charge on any atom is -0.399 e. The first kappa shape index (κ1) is 13.5. The normalized spacial score (nSPS) is 14.5. The number of nitrogen functional groups attached to an aromatic ring is 1. The Morgan fingerprint density at radius 3 is 2.81 bits per heavy atom. The van der Waals surface area contributed by atoms with Gasteiger partial charge < -0.3 is 16.2 Å². The zero-order valence-electron chi connectivity index (χ0n) is 9.46. The number of halogens is 1. The quantitative estimate of drug-likeness (QED) is 0.712. The molecular formula is C11H17ClN2OS. The largest absolute Gasteiger partial charge is 0.399 e. The van der Waals surface area contributed by atoms with E-state index in [0.717, 1.165) is 5.69 Å². The SMILES string of the molecule is CSCC(C)(O)CNc1ccc(N)cc1Cl. The molecule has 90 valence electrons. The highest BCUT2D eigenvalue weighted by molar-refractivity contribution is 7.98. The number of nitrogens with one attached hydrogen (secondary N) is 1. The van der Waals surface area contributed by atoms with Crippen LogP contribution in [0.2, 0.25) is 5.02 Å². The van der Waals surface area contributed by atoms with Gasteiger partial charge in [-0.15, -0.1) is 0 Å². The van der Waals surface area contributed by atoms with Gasteiger partial charge >= 0.3 is 0 Å². The number of hydrogen-bond donors (Lipinski definition) is 3. The monoisotopic (exact) mass is 260 g/mol. The van der Waals surface area contributed by atoms with Crippen molar-refractivity contribution in [2.75, 3.05) is 29.6 Å². The van der Waals surface area contributed by atoms with Gasteiger partial charge in [0.05, 0.1) is 16.3 Å². The van der Waals surface area contributed by atoms with Crippen molar-refractivity contribution in [1.29, 1.82) is 0 Å². The number of hydrogen-bond acceptors (Lipinski definition) is 4. The summed E-state index contributed by atoms with van der Waals surface area (Å²) in [5.41, 5.74) is 6.27. The Hall–Kier alpha value is -0.580.